The second kappa shape index (κ2) is 6.01. The number of aliphatic hydroxyl groups is 2. The maximum atomic E-state index is 11.3. The number of fused-ring (bicyclic) bond motifs is 5. The van der Waals surface area contributed by atoms with E-state index in [4.69, 9.17) is 8.74 Å². The van der Waals surface area contributed by atoms with Crippen LogP contribution in [0, 0.1) is 28.6 Å². The van der Waals surface area contributed by atoms with Crippen LogP contribution in [0.25, 0.3) is 0 Å². The van der Waals surface area contributed by atoms with Gasteiger partial charge in [-0.2, -0.15) is 8.42 Å². The topological polar surface area (TPSA) is 104 Å². The van der Waals surface area contributed by atoms with E-state index in [-0.39, 0.29) is 28.8 Å². The Balaban J connectivity index is 1.67. The quantitative estimate of drug-likeness (QED) is 0.497. The highest BCUT2D eigenvalue weighted by atomic mass is 32.3. The lowest BCUT2D eigenvalue weighted by Crippen LogP contribution is -2.55. The van der Waals surface area contributed by atoms with Crippen LogP contribution in [0.1, 0.15) is 58.8 Å². The molecule has 3 fully saturated rings. The third-order valence-electron chi connectivity index (χ3n) is 8.25. The van der Waals surface area contributed by atoms with E-state index in [0.717, 1.165) is 32.1 Å². The van der Waals surface area contributed by atoms with Gasteiger partial charge in [0.25, 0.3) is 0 Å². The van der Waals surface area contributed by atoms with Crippen molar-refractivity contribution in [1.29, 1.82) is 0 Å². The van der Waals surface area contributed by atoms with E-state index in [9.17, 15) is 18.6 Å². The Kier molecular flexibility index (Phi) is 4.36. The van der Waals surface area contributed by atoms with E-state index in [1.807, 2.05) is 6.08 Å². The monoisotopic (exact) mass is 386 g/mol. The summed E-state index contributed by atoms with van der Waals surface area (Å²) in [5, 5.41) is 21.0. The molecule has 0 heterocycles. The highest BCUT2D eigenvalue weighted by molar-refractivity contribution is 7.80. The predicted octanol–water partition coefficient (Wildman–Crippen LogP) is 2.47. The second-order valence-corrected chi connectivity index (χ2v) is 10.5. The van der Waals surface area contributed by atoms with Gasteiger partial charge in [0.2, 0.25) is 0 Å². The molecule has 0 radical (unpaired) electrons. The summed E-state index contributed by atoms with van der Waals surface area (Å²) in [5.74, 6) is 0.588. The van der Waals surface area contributed by atoms with Crippen LogP contribution in [0.3, 0.4) is 0 Å². The molecule has 148 valence electrons. The van der Waals surface area contributed by atoms with Crippen LogP contribution >= 0.6 is 0 Å². The molecular weight excluding hydrogens is 356 g/mol. The summed E-state index contributed by atoms with van der Waals surface area (Å²) in [6, 6.07) is 0. The minimum absolute atomic E-state index is 0.00640. The smallest absolute Gasteiger partial charge is 0.393 e. The third-order valence-corrected chi connectivity index (χ3v) is 8.73. The third kappa shape index (κ3) is 2.78. The molecule has 0 aliphatic heterocycles. The molecule has 4 aliphatic carbocycles. The van der Waals surface area contributed by atoms with Crippen molar-refractivity contribution in [3.63, 3.8) is 0 Å². The molecular formula is C19H30O6S. The van der Waals surface area contributed by atoms with Gasteiger partial charge >= 0.3 is 10.4 Å². The zero-order valence-electron chi connectivity index (χ0n) is 15.5. The molecule has 0 spiro atoms. The Morgan fingerprint density at radius 1 is 1.08 bits per heavy atom. The van der Waals surface area contributed by atoms with Gasteiger partial charge in [0.1, 0.15) is 0 Å². The fourth-order valence-electron chi connectivity index (χ4n) is 6.89. The summed E-state index contributed by atoms with van der Waals surface area (Å²) in [7, 11) is -4.48. The van der Waals surface area contributed by atoms with E-state index in [1.54, 1.807) is 0 Å². The maximum absolute atomic E-state index is 11.3. The molecule has 6 nitrogen and oxygen atoms in total. The Morgan fingerprint density at radius 2 is 1.81 bits per heavy atom. The Morgan fingerprint density at radius 3 is 2.50 bits per heavy atom. The van der Waals surface area contributed by atoms with E-state index >= 15 is 0 Å². The first-order valence-electron chi connectivity index (χ1n) is 9.77. The average Bonchev–Trinajstić information content (AvgIpc) is 2.84. The highest BCUT2D eigenvalue weighted by Gasteiger charge is 2.61. The van der Waals surface area contributed by atoms with E-state index in [0.29, 0.717) is 18.8 Å². The Labute approximate surface area is 155 Å². The lowest BCUT2D eigenvalue weighted by atomic mass is 9.47. The van der Waals surface area contributed by atoms with Gasteiger partial charge in [-0.25, -0.2) is 4.18 Å². The van der Waals surface area contributed by atoms with Crippen molar-refractivity contribution in [2.24, 2.45) is 28.6 Å². The molecule has 0 aromatic rings. The molecule has 3 saturated carbocycles. The molecule has 0 amide bonds. The molecule has 0 unspecified atom stereocenters. The molecule has 0 saturated heterocycles. The molecule has 0 aromatic heterocycles. The fourth-order valence-corrected chi connectivity index (χ4v) is 7.50. The van der Waals surface area contributed by atoms with Gasteiger partial charge in [-0.3, -0.25) is 4.55 Å². The number of rotatable bonds is 2. The van der Waals surface area contributed by atoms with Gasteiger partial charge in [0, 0.05) is 0 Å². The molecule has 0 bridgehead atoms. The summed E-state index contributed by atoms with van der Waals surface area (Å²) in [6.07, 6.45) is 6.06. The van der Waals surface area contributed by atoms with Crippen molar-refractivity contribution in [2.75, 3.05) is 0 Å². The standard InChI is InChI=1S/C19H30O6S/c1-18-7-5-12(20)9-11(18)10-15(21)17-13-3-4-16(25-26(22,23)24)19(13,2)8-6-14(17)18/h10,12-17,20-21H,3-9H2,1-2H3,(H,22,23,24)/t12-,13-,14-,15+,16-,17-,18-,19-/m0/s1. The highest BCUT2D eigenvalue weighted by Crippen LogP contribution is 2.65. The molecule has 7 heteroatoms. The van der Waals surface area contributed by atoms with Crippen LogP contribution in [0.5, 0.6) is 0 Å². The van der Waals surface area contributed by atoms with E-state index in [1.165, 1.54) is 5.57 Å². The van der Waals surface area contributed by atoms with Crippen LogP contribution in [-0.4, -0.2) is 41.5 Å². The summed E-state index contributed by atoms with van der Waals surface area (Å²) >= 11 is 0. The lowest BCUT2D eigenvalue weighted by Gasteiger charge is -2.58. The fraction of sp³-hybridized carbons (Fsp3) is 0.895. The number of hydrogen-bond acceptors (Lipinski definition) is 5. The summed E-state index contributed by atoms with van der Waals surface area (Å²) in [6.45, 7) is 4.33. The molecule has 4 rings (SSSR count). The summed E-state index contributed by atoms with van der Waals surface area (Å²) < 4.78 is 36.7. The predicted molar refractivity (Wildman–Crippen MR) is 95.5 cm³/mol. The second-order valence-electron chi connectivity index (χ2n) is 9.42. The van der Waals surface area contributed by atoms with Crippen LogP contribution in [0.4, 0.5) is 0 Å². The average molecular weight is 387 g/mol. The first-order valence-corrected chi connectivity index (χ1v) is 11.1. The van der Waals surface area contributed by atoms with E-state index < -0.39 is 22.6 Å². The summed E-state index contributed by atoms with van der Waals surface area (Å²) in [5.41, 5.74) is 0.845. The van der Waals surface area contributed by atoms with Crippen molar-refractivity contribution in [1.82, 2.24) is 0 Å². The molecule has 0 aromatic carbocycles. The number of hydrogen-bond donors (Lipinski definition) is 3. The first kappa shape index (κ1) is 18.9. The van der Waals surface area contributed by atoms with Crippen LogP contribution in [0.15, 0.2) is 11.6 Å². The molecule has 3 N–H and O–H groups in total. The Bertz CT molecular complexity index is 718. The van der Waals surface area contributed by atoms with Gasteiger partial charge in [-0.1, -0.05) is 25.5 Å². The minimum atomic E-state index is -4.48. The van der Waals surface area contributed by atoms with Crippen LogP contribution < -0.4 is 0 Å². The lowest BCUT2D eigenvalue weighted by molar-refractivity contribution is -0.101. The number of aliphatic hydroxyl groups excluding tert-OH is 2. The van der Waals surface area contributed by atoms with Crippen molar-refractivity contribution < 1.29 is 27.4 Å². The van der Waals surface area contributed by atoms with Gasteiger partial charge in [-0.15, -0.1) is 0 Å². The van der Waals surface area contributed by atoms with Crippen molar-refractivity contribution >= 4 is 10.4 Å². The molecule has 4 aliphatic rings. The maximum Gasteiger partial charge on any atom is 0.397 e. The van der Waals surface area contributed by atoms with Crippen molar-refractivity contribution in [2.45, 2.75) is 77.1 Å². The van der Waals surface area contributed by atoms with Gasteiger partial charge < -0.3 is 10.2 Å². The zero-order valence-corrected chi connectivity index (χ0v) is 16.3. The van der Waals surface area contributed by atoms with Crippen molar-refractivity contribution in [3.05, 3.63) is 11.6 Å². The SMILES string of the molecule is C[C@]12CC[C@H]3[C@@H]([C@H](O)C=C4C[C@@H](O)CC[C@@]43C)[C@@H]1CC[C@@H]2OS(=O)(=O)O. The van der Waals surface area contributed by atoms with Crippen LogP contribution in [0.2, 0.25) is 0 Å². The minimum Gasteiger partial charge on any atom is -0.393 e. The molecule has 26 heavy (non-hydrogen) atoms. The van der Waals surface area contributed by atoms with Crippen LogP contribution in [-0.2, 0) is 14.6 Å². The normalized spacial score (nSPS) is 51.2. The van der Waals surface area contributed by atoms with Gasteiger partial charge in [0.05, 0.1) is 18.3 Å². The van der Waals surface area contributed by atoms with Crippen molar-refractivity contribution in [3.8, 4) is 0 Å². The molecule has 8 atom stereocenters. The zero-order chi connectivity index (χ0) is 18.9. The first-order chi connectivity index (χ1) is 12.0. The largest absolute Gasteiger partial charge is 0.397 e. The van der Waals surface area contributed by atoms with E-state index in [2.05, 4.69) is 13.8 Å². The van der Waals surface area contributed by atoms with Gasteiger partial charge in [0.15, 0.2) is 0 Å². The Hall–Kier alpha value is -0.470. The van der Waals surface area contributed by atoms with Gasteiger partial charge in [-0.05, 0) is 73.5 Å². The summed E-state index contributed by atoms with van der Waals surface area (Å²) in [4.78, 5) is 0.